The van der Waals surface area contributed by atoms with Gasteiger partial charge in [-0.2, -0.15) is 0 Å². The summed E-state index contributed by atoms with van der Waals surface area (Å²) in [5, 5.41) is 11.3. The summed E-state index contributed by atoms with van der Waals surface area (Å²) in [6.07, 6.45) is 2.24. The number of rotatable bonds is 6. The van der Waals surface area contributed by atoms with Crippen molar-refractivity contribution in [1.82, 2.24) is 20.0 Å². The first-order valence-electron chi connectivity index (χ1n) is 7.83. The van der Waals surface area contributed by atoms with Crippen molar-refractivity contribution in [2.75, 3.05) is 44.6 Å². The Morgan fingerprint density at radius 2 is 1.95 bits per heavy atom. The number of aromatic nitrogens is 2. The molecule has 1 aromatic rings. The molecular weight excluding hydrogens is 266 g/mol. The largest absolute Gasteiger partial charge is 0.369 e. The maximum Gasteiger partial charge on any atom is 0.274 e. The van der Waals surface area contributed by atoms with Crippen molar-refractivity contribution in [1.29, 1.82) is 0 Å². The molecule has 0 atom stereocenters. The average Bonchev–Trinajstić information content (AvgIpc) is 2.55. The molecule has 1 aliphatic rings. The molecular formula is C15H25N5O. The molecule has 0 bridgehead atoms. The van der Waals surface area contributed by atoms with Gasteiger partial charge in [-0.25, -0.2) is 0 Å². The smallest absolute Gasteiger partial charge is 0.274 e. The van der Waals surface area contributed by atoms with Gasteiger partial charge in [0.25, 0.3) is 5.91 Å². The molecule has 0 unspecified atom stereocenters. The maximum absolute atomic E-state index is 12.4. The second-order valence-corrected chi connectivity index (χ2v) is 5.31. The van der Waals surface area contributed by atoms with Gasteiger partial charge in [0.2, 0.25) is 0 Å². The Labute approximate surface area is 126 Å². The maximum atomic E-state index is 12.4. The predicted octanol–water partition coefficient (Wildman–Crippen LogP) is 1.47. The molecule has 21 heavy (non-hydrogen) atoms. The van der Waals surface area contributed by atoms with Crippen LogP contribution in [0, 0.1) is 0 Å². The number of nitrogens with zero attached hydrogens (tertiary/aromatic N) is 4. The van der Waals surface area contributed by atoms with E-state index in [0.717, 1.165) is 57.9 Å². The molecule has 0 spiro atoms. The SMILES string of the molecule is CCCCNc1ccc(C(=O)N2CCN(CC)CC2)nn1. The van der Waals surface area contributed by atoms with Crippen LogP contribution < -0.4 is 5.32 Å². The van der Waals surface area contributed by atoms with E-state index in [-0.39, 0.29) is 5.91 Å². The number of hydrogen-bond acceptors (Lipinski definition) is 5. The highest BCUT2D eigenvalue weighted by Gasteiger charge is 2.22. The first-order valence-corrected chi connectivity index (χ1v) is 7.83. The normalized spacial score (nSPS) is 16.0. The van der Waals surface area contributed by atoms with Gasteiger partial charge in [-0.1, -0.05) is 20.3 Å². The third-order valence-electron chi connectivity index (χ3n) is 3.83. The molecule has 1 N–H and O–H groups in total. The standard InChI is InChI=1S/C15H25N5O/c1-3-5-8-16-14-7-6-13(17-18-14)15(21)20-11-9-19(4-2)10-12-20/h6-7H,3-5,8-12H2,1-2H3,(H,16,18). The van der Waals surface area contributed by atoms with Gasteiger partial charge in [0.15, 0.2) is 5.69 Å². The number of carbonyl (C=O) groups excluding carboxylic acids is 1. The molecule has 6 nitrogen and oxygen atoms in total. The van der Waals surface area contributed by atoms with Gasteiger partial charge in [0.05, 0.1) is 0 Å². The number of hydrogen-bond donors (Lipinski definition) is 1. The van der Waals surface area contributed by atoms with Crippen LogP contribution in [0.1, 0.15) is 37.2 Å². The summed E-state index contributed by atoms with van der Waals surface area (Å²) < 4.78 is 0. The number of anilines is 1. The quantitative estimate of drug-likeness (QED) is 0.804. The molecule has 6 heteroatoms. The van der Waals surface area contributed by atoms with E-state index in [9.17, 15) is 4.79 Å². The second-order valence-electron chi connectivity index (χ2n) is 5.31. The van der Waals surface area contributed by atoms with Crippen molar-refractivity contribution in [3.63, 3.8) is 0 Å². The molecule has 1 fully saturated rings. The second kappa shape index (κ2) is 7.93. The Hall–Kier alpha value is -1.69. The molecule has 0 aliphatic carbocycles. The number of nitrogens with one attached hydrogen (secondary N) is 1. The van der Waals surface area contributed by atoms with E-state index in [2.05, 4.69) is 34.3 Å². The van der Waals surface area contributed by atoms with Crippen LogP contribution in [0.5, 0.6) is 0 Å². The van der Waals surface area contributed by atoms with Crippen molar-refractivity contribution < 1.29 is 4.79 Å². The van der Waals surface area contributed by atoms with Crippen molar-refractivity contribution in [3.8, 4) is 0 Å². The molecule has 0 radical (unpaired) electrons. The fourth-order valence-corrected chi connectivity index (χ4v) is 2.36. The Kier molecular flexibility index (Phi) is 5.92. The Balaban J connectivity index is 1.88. The Morgan fingerprint density at radius 3 is 2.52 bits per heavy atom. The van der Waals surface area contributed by atoms with Gasteiger partial charge < -0.3 is 15.1 Å². The summed E-state index contributed by atoms with van der Waals surface area (Å²) in [6, 6.07) is 3.59. The molecule has 1 aromatic heterocycles. The third-order valence-corrected chi connectivity index (χ3v) is 3.83. The Bertz CT molecular complexity index is 440. The molecule has 1 amide bonds. The van der Waals surface area contributed by atoms with Gasteiger partial charge in [0.1, 0.15) is 5.82 Å². The van der Waals surface area contributed by atoms with E-state index in [4.69, 9.17) is 0 Å². The third kappa shape index (κ3) is 4.39. The van der Waals surface area contributed by atoms with Crippen LogP contribution in [0.25, 0.3) is 0 Å². The summed E-state index contributed by atoms with van der Waals surface area (Å²) in [4.78, 5) is 16.6. The summed E-state index contributed by atoms with van der Waals surface area (Å²) in [5.74, 6) is 0.717. The van der Waals surface area contributed by atoms with Crippen LogP contribution in [0.15, 0.2) is 12.1 Å². The minimum Gasteiger partial charge on any atom is -0.369 e. The average molecular weight is 291 g/mol. The number of likely N-dealkylation sites (N-methyl/N-ethyl adjacent to an activating group) is 1. The lowest BCUT2D eigenvalue weighted by Crippen LogP contribution is -2.48. The first-order chi connectivity index (χ1) is 10.2. The lowest BCUT2D eigenvalue weighted by atomic mass is 10.2. The predicted molar refractivity (Wildman–Crippen MR) is 83.4 cm³/mol. The number of piperazine rings is 1. The van der Waals surface area contributed by atoms with Crippen molar-refractivity contribution >= 4 is 11.7 Å². The Morgan fingerprint density at radius 1 is 1.19 bits per heavy atom. The van der Waals surface area contributed by atoms with Crippen molar-refractivity contribution in [2.24, 2.45) is 0 Å². The highest BCUT2D eigenvalue weighted by molar-refractivity contribution is 5.92. The van der Waals surface area contributed by atoms with Gasteiger partial charge >= 0.3 is 0 Å². The summed E-state index contributed by atoms with van der Waals surface area (Å²) >= 11 is 0. The fraction of sp³-hybridized carbons (Fsp3) is 0.667. The van der Waals surface area contributed by atoms with Crippen LogP contribution in [0.3, 0.4) is 0 Å². The highest BCUT2D eigenvalue weighted by atomic mass is 16.2. The van der Waals surface area contributed by atoms with E-state index < -0.39 is 0 Å². The van der Waals surface area contributed by atoms with Gasteiger partial charge in [0, 0.05) is 32.7 Å². The van der Waals surface area contributed by atoms with Crippen LogP contribution in [-0.2, 0) is 0 Å². The molecule has 0 saturated carbocycles. The number of carbonyl (C=O) groups is 1. The molecule has 1 aliphatic heterocycles. The van der Waals surface area contributed by atoms with Gasteiger partial charge in [-0.05, 0) is 25.1 Å². The minimum absolute atomic E-state index is 0.0154. The van der Waals surface area contributed by atoms with Crippen LogP contribution >= 0.6 is 0 Å². The molecule has 1 saturated heterocycles. The highest BCUT2D eigenvalue weighted by Crippen LogP contribution is 2.08. The van der Waals surface area contributed by atoms with E-state index in [1.807, 2.05) is 11.0 Å². The van der Waals surface area contributed by atoms with Crippen LogP contribution in [0.4, 0.5) is 5.82 Å². The van der Waals surface area contributed by atoms with E-state index in [1.165, 1.54) is 0 Å². The zero-order valence-electron chi connectivity index (χ0n) is 13.0. The van der Waals surface area contributed by atoms with E-state index in [1.54, 1.807) is 6.07 Å². The fourth-order valence-electron chi connectivity index (χ4n) is 2.36. The molecule has 0 aromatic carbocycles. The topological polar surface area (TPSA) is 61.4 Å². The summed E-state index contributed by atoms with van der Waals surface area (Å²) in [6.45, 7) is 9.63. The minimum atomic E-state index is -0.0154. The number of unbranched alkanes of at least 4 members (excludes halogenated alkanes) is 1. The number of amides is 1. The van der Waals surface area contributed by atoms with Crippen molar-refractivity contribution in [3.05, 3.63) is 17.8 Å². The van der Waals surface area contributed by atoms with Crippen molar-refractivity contribution in [2.45, 2.75) is 26.7 Å². The molecule has 116 valence electrons. The summed E-state index contributed by atoms with van der Waals surface area (Å²) in [7, 11) is 0. The molecule has 2 heterocycles. The van der Waals surface area contributed by atoms with Gasteiger partial charge in [-0.3, -0.25) is 4.79 Å². The van der Waals surface area contributed by atoms with Crippen LogP contribution in [0.2, 0.25) is 0 Å². The summed E-state index contributed by atoms with van der Waals surface area (Å²) in [5.41, 5.74) is 0.431. The van der Waals surface area contributed by atoms with Gasteiger partial charge in [-0.15, -0.1) is 10.2 Å². The monoisotopic (exact) mass is 291 g/mol. The van der Waals surface area contributed by atoms with E-state index in [0.29, 0.717) is 5.69 Å². The van der Waals surface area contributed by atoms with Crippen LogP contribution in [-0.4, -0.2) is 65.2 Å². The lowest BCUT2D eigenvalue weighted by molar-refractivity contribution is 0.0636. The van der Waals surface area contributed by atoms with E-state index >= 15 is 0 Å². The lowest BCUT2D eigenvalue weighted by Gasteiger charge is -2.33. The zero-order chi connectivity index (χ0) is 15.1. The molecule has 2 rings (SSSR count). The first kappa shape index (κ1) is 15.7. The zero-order valence-corrected chi connectivity index (χ0v) is 13.0.